The van der Waals surface area contributed by atoms with Crippen molar-refractivity contribution in [1.82, 2.24) is 0 Å². The topological polar surface area (TPSA) is 79.0 Å². The average molecular weight is 281 g/mol. The number of nitrogens with zero attached hydrogens (tertiary/aromatic N) is 2. The molecule has 2 rings (SSSR count). The van der Waals surface area contributed by atoms with E-state index in [0.717, 1.165) is 5.56 Å². The van der Waals surface area contributed by atoms with Crippen LogP contribution in [-0.4, -0.2) is 4.92 Å². The quantitative estimate of drug-likeness (QED) is 0.679. The summed E-state index contributed by atoms with van der Waals surface area (Å²) in [5.41, 5.74) is 2.88. The number of nitro groups is 1. The van der Waals surface area contributed by atoms with Crippen LogP contribution in [0.4, 0.5) is 11.4 Å². The Morgan fingerprint density at radius 1 is 1.29 bits per heavy atom. The van der Waals surface area contributed by atoms with Crippen LogP contribution in [0.5, 0.6) is 0 Å². The summed E-state index contributed by atoms with van der Waals surface area (Å²) in [6, 6.07) is 14.4. The van der Waals surface area contributed by atoms with Crippen LogP contribution in [0.25, 0.3) is 0 Å². The standard InChI is InChI=1S/C16H15N3O2/c1-11-5-3-4-6-15(11)12(2)18-14-7-8-16(19(20)21)13(9-14)10-17/h3-9,12,18H,1-2H3/t12-/m0/s1. The third-order valence-corrected chi connectivity index (χ3v) is 3.35. The maximum atomic E-state index is 10.8. The monoisotopic (exact) mass is 281 g/mol. The van der Waals surface area contributed by atoms with Crippen LogP contribution in [0.2, 0.25) is 0 Å². The van der Waals surface area contributed by atoms with Gasteiger partial charge in [0.25, 0.3) is 5.69 Å². The van der Waals surface area contributed by atoms with Crippen molar-refractivity contribution in [1.29, 1.82) is 5.26 Å². The van der Waals surface area contributed by atoms with E-state index in [9.17, 15) is 10.1 Å². The van der Waals surface area contributed by atoms with Crippen molar-refractivity contribution < 1.29 is 4.92 Å². The molecule has 5 heteroatoms. The Bertz CT molecular complexity index is 720. The highest BCUT2D eigenvalue weighted by Crippen LogP contribution is 2.26. The van der Waals surface area contributed by atoms with Crippen LogP contribution in [0, 0.1) is 28.4 Å². The Hall–Kier alpha value is -2.87. The van der Waals surface area contributed by atoms with E-state index in [4.69, 9.17) is 5.26 Å². The lowest BCUT2D eigenvalue weighted by Gasteiger charge is -2.17. The molecule has 0 amide bonds. The Balaban J connectivity index is 2.27. The normalized spacial score (nSPS) is 11.5. The van der Waals surface area contributed by atoms with Gasteiger partial charge in [-0.15, -0.1) is 0 Å². The Morgan fingerprint density at radius 3 is 2.62 bits per heavy atom. The second kappa shape index (κ2) is 6.06. The second-order valence-electron chi connectivity index (χ2n) is 4.82. The number of benzene rings is 2. The van der Waals surface area contributed by atoms with Crippen molar-refractivity contribution in [2.45, 2.75) is 19.9 Å². The first-order chi connectivity index (χ1) is 10.0. The molecule has 0 heterocycles. The molecule has 0 radical (unpaired) electrons. The zero-order valence-corrected chi connectivity index (χ0v) is 11.8. The molecule has 1 N–H and O–H groups in total. The smallest absolute Gasteiger partial charge is 0.287 e. The molecule has 0 fully saturated rings. The van der Waals surface area contributed by atoms with Crippen LogP contribution in [0.15, 0.2) is 42.5 Å². The van der Waals surface area contributed by atoms with Gasteiger partial charge in [-0.25, -0.2) is 0 Å². The number of nitriles is 1. The molecule has 0 bridgehead atoms. The minimum absolute atomic E-state index is 0.0409. The maximum absolute atomic E-state index is 10.8. The van der Waals surface area contributed by atoms with Crippen LogP contribution >= 0.6 is 0 Å². The van der Waals surface area contributed by atoms with Gasteiger partial charge in [0.15, 0.2) is 0 Å². The fraction of sp³-hybridized carbons (Fsp3) is 0.188. The molecule has 0 saturated carbocycles. The van der Waals surface area contributed by atoms with Gasteiger partial charge in [-0.3, -0.25) is 10.1 Å². The molecule has 0 aliphatic carbocycles. The number of nitro benzene ring substituents is 1. The molecule has 21 heavy (non-hydrogen) atoms. The Kier molecular flexibility index (Phi) is 4.19. The number of aryl methyl sites for hydroxylation is 1. The van der Waals surface area contributed by atoms with Crippen molar-refractivity contribution >= 4 is 11.4 Å². The van der Waals surface area contributed by atoms with Gasteiger partial charge in [-0.1, -0.05) is 24.3 Å². The summed E-state index contributed by atoms with van der Waals surface area (Å²) in [7, 11) is 0. The van der Waals surface area contributed by atoms with Gasteiger partial charge in [0.2, 0.25) is 0 Å². The van der Waals surface area contributed by atoms with Crippen molar-refractivity contribution in [3.05, 3.63) is 69.3 Å². The van der Waals surface area contributed by atoms with Gasteiger partial charge in [0.1, 0.15) is 11.6 Å². The molecular weight excluding hydrogens is 266 g/mol. The summed E-state index contributed by atoms with van der Waals surface area (Å²) in [5, 5.41) is 23.1. The van der Waals surface area contributed by atoms with E-state index in [2.05, 4.69) is 5.32 Å². The maximum Gasteiger partial charge on any atom is 0.287 e. The van der Waals surface area contributed by atoms with Gasteiger partial charge in [0, 0.05) is 17.8 Å². The van der Waals surface area contributed by atoms with Gasteiger partial charge >= 0.3 is 0 Å². The lowest BCUT2D eigenvalue weighted by atomic mass is 10.0. The molecule has 0 aliphatic rings. The van der Waals surface area contributed by atoms with E-state index < -0.39 is 4.92 Å². The number of rotatable bonds is 4. The molecule has 0 saturated heterocycles. The number of hydrogen-bond donors (Lipinski definition) is 1. The van der Waals surface area contributed by atoms with Gasteiger partial charge in [-0.05, 0) is 37.1 Å². The molecule has 5 nitrogen and oxygen atoms in total. The summed E-state index contributed by atoms with van der Waals surface area (Å²) in [5.74, 6) is 0. The predicted molar refractivity (Wildman–Crippen MR) is 81.0 cm³/mol. The average Bonchev–Trinajstić information content (AvgIpc) is 2.47. The van der Waals surface area contributed by atoms with Crippen molar-refractivity contribution in [3.8, 4) is 6.07 Å². The molecule has 0 aromatic heterocycles. The van der Waals surface area contributed by atoms with Crippen molar-refractivity contribution in [3.63, 3.8) is 0 Å². The van der Waals surface area contributed by atoms with Gasteiger partial charge in [-0.2, -0.15) is 5.26 Å². The predicted octanol–water partition coefficient (Wildman–Crippen LogP) is 3.95. The largest absolute Gasteiger partial charge is 0.378 e. The SMILES string of the molecule is Cc1ccccc1[C@H](C)Nc1ccc([N+](=O)[O-])c(C#N)c1. The Morgan fingerprint density at radius 2 is 2.00 bits per heavy atom. The Labute approximate surface area is 123 Å². The zero-order valence-electron chi connectivity index (χ0n) is 11.8. The molecule has 2 aromatic rings. The zero-order chi connectivity index (χ0) is 15.4. The molecule has 2 aromatic carbocycles. The highest BCUT2D eigenvalue weighted by atomic mass is 16.6. The molecule has 1 atom stereocenters. The third-order valence-electron chi connectivity index (χ3n) is 3.35. The fourth-order valence-electron chi connectivity index (χ4n) is 2.27. The van der Waals surface area contributed by atoms with Crippen LogP contribution in [0.3, 0.4) is 0 Å². The highest BCUT2D eigenvalue weighted by Gasteiger charge is 2.15. The first-order valence-corrected chi connectivity index (χ1v) is 6.53. The molecular formula is C16H15N3O2. The van der Waals surface area contributed by atoms with Gasteiger partial charge in [0.05, 0.1) is 4.92 Å². The molecule has 0 spiro atoms. The summed E-state index contributed by atoms with van der Waals surface area (Å²) in [6.07, 6.45) is 0. The number of nitrogens with one attached hydrogen (secondary N) is 1. The summed E-state index contributed by atoms with van der Waals surface area (Å²) in [6.45, 7) is 4.04. The number of anilines is 1. The minimum Gasteiger partial charge on any atom is -0.378 e. The summed E-state index contributed by atoms with van der Waals surface area (Å²) in [4.78, 5) is 10.3. The first kappa shape index (κ1) is 14.5. The van der Waals surface area contributed by atoms with E-state index in [1.54, 1.807) is 6.07 Å². The van der Waals surface area contributed by atoms with Crippen LogP contribution in [-0.2, 0) is 0 Å². The van der Waals surface area contributed by atoms with E-state index in [1.807, 2.05) is 44.2 Å². The lowest BCUT2D eigenvalue weighted by Crippen LogP contribution is -2.08. The van der Waals surface area contributed by atoms with Crippen LogP contribution in [0.1, 0.15) is 29.7 Å². The third kappa shape index (κ3) is 3.18. The second-order valence-corrected chi connectivity index (χ2v) is 4.82. The van der Waals surface area contributed by atoms with Gasteiger partial charge < -0.3 is 5.32 Å². The van der Waals surface area contributed by atoms with E-state index >= 15 is 0 Å². The van der Waals surface area contributed by atoms with E-state index in [1.165, 1.54) is 17.7 Å². The molecule has 0 unspecified atom stereocenters. The van der Waals surface area contributed by atoms with Crippen molar-refractivity contribution in [2.75, 3.05) is 5.32 Å². The lowest BCUT2D eigenvalue weighted by molar-refractivity contribution is -0.385. The fourth-order valence-corrected chi connectivity index (χ4v) is 2.27. The minimum atomic E-state index is -0.549. The summed E-state index contributed by atoms with van der Waals surface area (Å²) < 4.78 is 0. The highest BCUT2D eigenvalue weighted by molar-refractivity contribution is 5.59. The molecule has 0 aliphatic heterocycles. The van der Waals surface area contributed by atoms with Crippen molar-refractivity contribution in [2.24, 2.45) is 0 Å². The molecule has 106 valence electrons. The van der Waals surface area contributed by atoms with E-state index in [0.29, 0.717) is 5.69 Å². The summed E-state index contributed by atoms with van der Waals surface area (Å²) >= 11 is 0. The van der Waals surface area contributed by atoms with Crippen LogP contribution < -0.4 is 5.32 Å². The first-order valence-electron chi connectivity index (χ1n) is 6.53. The van der Waals surface area contributed by atoms with E-state index in [-0.39, 0.29) is 17.3 Å². The number of hydrogen-bond acceptors (Lipinski definition) is 4.